The van der Waals surface area contributed by atoms with E-state index in [-0.39, 0.29) is 11.7 Å². The maximum Gasteiger partial charge on any atom is 0.355 e. The number of thiazole rings is 1. The molecule has 0 bridgehead atoms. The standard InChI is InChI=1S/C15H18N2O2S/c1-4-10-5-7-11(8-6-10)13(17(2)3)14-16-12(9-20-14)15(18)19/h5-9,13H,4H2,1-3H3,(H,18,19). The Bertz CT molecular complexity index is 590. The topological polar surface area (TPSA) is 53.4 Å². The lowest BCUT2D eigenvalue weighted by atomic mass is 10.0. The Kier molecular flexibility index (Phi) is 4.52. The van der Waals surface area contributed by atoms with Gasteiger partial charge >= 0.3 is 5.97 Å². The monoisotopic (exact) mass is 290 g/mol. The third-order valence-electron chi connectivity index (χ3n) is 3.20. The molecule has 0 aliphatic rings. The molecule has 0 aliphatic heterocycles. The predicted octanol–water partition coefficient (Wildman–Crippen LogP) is 3.05. The van der Waals surface area contributed by atoms with Crippen LogP contribution in [0.5, 0.6) is 0 Å². The third kappa shape index (κ3) is 3.05. The second-order valence-corrected chi connectivity index (χ2v) is 5.73. The van der Waals surface area contributed by atoms with E-state index in [0.29, 0.717) is 0 Å². The van der Waals surface area contributed by atoms with Gasteiger partial charge in [0.15, 0.2) is 5.69 Å². The van der Waals surface area contributed by atoms with Crippen LogP contribution in [0.3, 0.4) is 0 Å². The minimum absolute atomic E-state index is 0.0148. The molecule has 0 amide bonds. The average molecular weight is 290 g/mol. The lowest BCUT2D eigenvalue weighted by Gasteiger charge is -2.22. The van der Waals surface area contributed by atoms with Crippen LogP contribution >= 0.6 is 11.3 Å². The molecule has 0 radical (unpaired) electrons. The van der Waals surface area contributed by atoms with Gasteiger partial charge in [0, 0.05) is 5.38 Å². The van der Waals surface area contributed by atoms with Crippen molar-refractivity contribution in [1.29, 1.82) is 0 Å². The van der Waals surface area contributed by atoms with E-state index >= 15 is 0 Å². The van der Waals surface area contributed by atoms with Gasteiger partial charge in [0.2, 0.25) is 0 Å². The molecule has 0 saturated carbocycles. The molecule has 1 unspecified atom stereocenters. The number of aryl methyl sites for hydroxylation is 1. The zero-order valence-corrected chi connectivity index (χ0v) is 12.6. The summed E-state index contributed by atoms with van der Waals surface area (Å²) in [7, 11) is 3.94. The quantitative estimate of drug-likeness (QED) is 0.919. The van der Waals surface area contributed by atoms with Crippen molar-refractivity contribution in [1.82, 2.24) is 9.88 Å². The van der Waals surface area contributed by atoms with Gasteiger partial charge in [-0.2, -0.15) is 0 Å². The number of carboxylic acid groups (broad SMARTS) is 1. The van der Waals surface area contributed by atoms with E-state index < -0.39 is 5.97 Å². The van der Waals surface area contributed by atoms with E-state index in [4.69, 9.17) is 5.11 Å². The first-order valence-corrected chi connectivity index (χ1v) is 7.35. The Balaban J connectivity index is 2.36. The van der Waals surface area contributed by atoms with Crippen LogP contribution in [0.25, 0.3) is 0 Å². The molecule has 0 aliphatic carbocycles. The van der Waals surface area contributed by atoms with Gasteiger partial charge in [-0.25, -0.2) is 9.78 Å². The number of aromatic nitrogens is 1. The molecule has 1 heterocycles. The van der Waals surface area contributed by atoms with E-state index in [1.165, 1.54) is 16.9 Å². The molecule has 106 valence electrons. The van der Waals surface area contributed by atoms with Crippen LogP contribution in [-0.4, -0.2) is 35.1 Å². The molecule has 4 nitrogen and oxygen atoms in total. The number of nitrogens with zero attached hydrogens (tertiary/aromatic N) is 2. The summed E-state index contributed by atoms with van der Waals surface area (Å²) in [6, 6.07) is 8.38. The summed E-state index contributed by atoms with van der Waals surface area (Å²) in [6.45, 7) is 2.12. The molecule has 20 heavy (non-hydrogen) atoms. The number of hydrogen-bond donors (Lipinski definition) is 1. The molecular formula is C15H18N2O2S. The lowest BCUT2D eigenvalue weighted by Crippen LogP contribution is -2.21. The zero-order chi connectivity index (χ0) is 14.7. The second-order valence-electron chi connectivity index (χ2n) is 4.84. The van der Waals surface area contributed by atoms with E-state index in [1.807, 2.05) is 19.0 Å². The lowest BCUT2D eigenvalue weighted by molar-refractivity contribution is 0.0691. The van der Waals surface area contributed by atoms with Gasteiger partial charge in [-0.05, 0) is 31.6 Å². The van der Waals surface area contributed by atoms with Crippen LogP contribution in [0.4, 0.5) is 0 Å². The maximum atomic E-state index is 11.0. The van der Waals surface area contributed by atoms with Gasteiger partial charge in [0.25, 0.3) is 0 Å². The number of carboxylic acids is 1. The highest BCUT2D eigenvalue weighted by molar-refractivity contribution is 7.10. The van der Waals surface area contributed by atoms with Crippen LogP contribution < -0.4 is 0 Å². The van der Waals surface area contributed by atoms with Gasteiger partial charge in [-0.1, -0.05) is 31.2 Å². The Morgan fingerprint density at radius 1 is 1.35 bits per heavy atom. The van der Waals surface area contributed by atoms with Crippen LogP contribution in [-0.2, 0) is 6.42 Å². The highest BCUT2D eigenvalue weighted by Crippen LogP contribution is 2.29. The summed E-state index contributed by atoms with van der Waals surface area (Å²) in [5.74, 6) is -0.980. The van der Waals surface area contributed by atoms with Crippen molar-refractivity contribution in [2.45, 2.75) is 19.4 Å². The Hall–Kier alpha value is -1.72. The van der Waals surface area contributed by atoms with Crippen molar-refractivity contribution >= 4 is 17.3 Å². The molecule has 1 aromatic heterocycles. The van der Waals surface area contributed by atoms with Gasteiger partial charge in [-0.3, -0.25) is 4.90 Å². The minimum Gasteiger partial charge on any atom is -0.476 e. The Morgan fingerprint density at radius 2 is 2.00 bits per heavy atom. The summed E-state index contributed by atoms with van der Waals surface area (Å²) >= 11 is 1.39. The fraction of sp³-hybridized carbons (Fsp3) is 0.333. The molecule has 0 spiro atoms. The highest BCUT2D eigenvalue weighted by Gasteiger charge is 2.21. The molecule has 1 N–H and O–H groups in total. The normalized spacial score (nSPS) is 12.6. The first kappa shape index (κ1) is 14.7. The SMILES string of the molecule is CCc1ccc(C(c2nc(C(=O)O)cs2)N(C)C)cc1. The number of benzene rings is 1. The van der Waals surface area contributed by atoms with Crippen LogP contribution in [0.1, 0.15) is 39.6 Å². The van der Waals surface area contributed by atoms with Crippen molar-refractivity contribution in [2.24, 2.45) is 0 Å². The summed E-state index contributed by atoms with van der Waals surface area (Å²) in [5.41, 5.74) is 2.53. The van der Waals surface area contributed by atoms with Crippen molar-refractivity contribution in [2.75, 3.05) is 14.1 Å². The van der Waals surface area contributed by atoms with E-state index in [9.17, 15) is 4.79 Å². The molecule has 1 atom stereocenters. The molecule has 5 heteroatoms. The van der Waals surface area contributed by atoms with E-state index in [1.54, 1.807) is 5.38 Å². The molecule has 0 fully saturated rings. The molecular weight excluding hydrogens is 272 g/mol. The first-order valence-electron chi connectivity index (χ1n) is 6.47. The predicted molar refractivity (Wildman–Crippen MR) is 80.4 cm³/mol. The summed E-state index contributed by atoms with van der Waals surface area (Å²) in [5, 5.41) is 11.4. The summed E-state index contributed by atoms with van der Waals surface area (Å²) in [6.07, 6.45) is 1.01. The summed E-state index contributed by atoms with van der Waals surface area (Å²) in [4.78, 5) is 17.2. The fourth-order valence-corrected chi connectivity index (χ4v) is 3.12. The Labute approximate surface area is 122 Å². The van der Waals surface area contributed by atoms with Crippen molar-refractivity contribution in [3.05, 3.63) is 51.5 Å². The van der Waals surface area contributed by atoms with E-state index in [0.717, 1.165) is 17.0 Å². The van der Waals surface area contributed by atoms with Crippen molar-refractivity contribution in [3.63, 3.8) is 0 Å². The molecule has 2 rings (SSSR count). The first-order chi connectivity index (χ1) is 9.52. The molecule has 2 aromatic rings. The van der Waals surface area contributed by atoms with Gasteiger partial charge < -0.3 is 5.11 Å². The third-order valence-corrected chi connectivity index (χ3v) is 4.09. The zero-order valence-electron chi connectivity index (χ0n) is 11.8. The summed E-state index contributed by atoms with van der Waals surface area (Å²) < 4.78 is 0. The van der Waals surface area contributed by atoms with Gasteiger partial charge in [0.05, 0.1) is 6.04 Å². The van der Waals surface area contributed by atoms with E-state index in [2.05, 4.69) is 36.2 Å². The van der Waals surface area contributed by atoms with Gasteiger partial charge in [-0.15, -0.1) is 11.3 Å². The number of carbonyl (C=O) groups is 1. The minimum atomic E-state index is -0.980. The number of hydrogen-bond acceptors (Lipinski definition) is 4. The molecule has 0 saturated heterocycles. The smallest absolute Gasteiger partial charge is 0.355 e. The number of rotatable bonds is 5. The van der Waals surface area contributed by atoms with Crippen LogP contribution in [0.2, 0.25) is 0 Å². The Morgan fingerprint density at radius 3 is 2.45 bits per heavy atom. The number of aromatic carboxylic acids is 1. The maximum absolute atomic E-state index is 11.0. The van der Waals surface area contributed by atoms with Crippen LogP contribution in [0, 0.1) is 0 Å². The van der Waals surface area contributed by atoms with Gasteiger partial charge in [0.1, 0.15) is 5.01 Å². The highest BCUT2D eigenvalue weighted by atomic mass is 32.1. The van der Waals surface area contributed by atoms with Crippen molar-refractivity contribution in [3.8, 4) is 0 Å². The fourth-order valence-electron chi connectivity index (χ4n) is 2.11. The second kappa shape index (κ2) is 6.15. The molecule has 1 aromatic carbocycles. The largest absolute Gasteiger partial charge is 0.476 e. The van der Waals surface area contributed by atoms with Crippen molar-refractivity contribution < 1.29 is 9.90 Å². The van der Waals surface area contributed by atoms with Crippen LogP contribution in [0.15, 0.2) is 29.6 Å². The average Bonchev–Trinajstić information content (AvgIpc) is 2.89.